The molecule has 0 atom stereocenters. The largest absolute Gasteiger partial charge is 0.397 e. The Bertz CT molecular complexity index is 572. The van der Waals surface area contributed by atoms with Crippen LogP contribution in [0.3, 0.4) is 0 Å². The minimum atomic E-state index is -0.550. The van der Waals surface area contributed by atoms with E-state index in [9.17, 15) is 9.59 Å². The Hall–Kier alpha value is -1.60. The van der Waals surface area contributed by atoms with Crippen LogP contribution in [0.1, 0.15) is 39.3 Å². The summed E-state index contributed by atoms with van der Waals surface area (Å²) in [7, 11) is 0. The van der Waals surface area contributed by atoms with E-state index in [4.69, 9.17) is 11.5 Å². The zero-order valence-electron chi connectivity index (χ0n) is 11.9. The van der Waals surface area contributed by atoms with Crippen LogP contribution in [0.15, 0.2) is 0 Å². The second-order valence-electron chi connectivity index (χ2n) is 5.62. The highest BCUT2D eigenvalue weighted by Crippen LogP contribution is 2.43. The van der Waals surface area contributed by atoms with Crippen LogP contribution < -0.4 is 21.7 Å². The lowest BCUT2D eigenvalue weighted by atomic mass is 10.1. The molecule has 5 N–H and O–H groups in total. The summed E-state index contributed by atoms with van der Waals surface area (Å²) in [6.45, 7) is 3.43. The van der Waals surface area contributed by atoms with Crippen LogP contribution in [0.4, 0.5) is 10.7 Å². The minimum Gasteiger partial charge on any atom is -0.397 e. The number of carbonyl (C=O) groups is 2. The van der Waals surface area contributed by atoms with Crippen LogP contribution in [0.2, 0.25) is 0 Å². The van der Waals surface area contributed by atoms with E-state index in [2.05, 4.69) is 10.2 Å². The molecule has 1 saturated carbocycles. The van der Waals surface area contributed by atoms with Crippen LogP contribution >= 0.6 is 11.3 Å². The zero-order valence-corrected chi connectivity index (χ0v) is 12.7. The van der Waals surface area contributed by atoms with E-state index in [1.54, 1.807) is 0 Å². The number of amides is 1. The third kappa shape index (κ3) is 2.75. The van der Waals surface area contributed by atoms with Gasteiger partial charge in [0, 0.05) is 25.6 Å². The van der Waals surface area contributed by atoms with Crippen LogP contribution in [-0.2, 0) is 0 Å². The number of ketones is 1. The fraction of sp³-hybridized carbons (Fsp3) is 0.571. The number of thiophene rings is 1. The molecule has 2 heterocycles. The van der Waals surface area contributed by atoms with Crippen molar-refractivity contribution in [1.82, 2.24) is 5.32 Å². The fourth-order valence-corrected chi connectivity index (χ4v) is 3.95. The first-order valence-electron chi connectivity index (χ1n) is 7.31. The number of nitrogens with one attached hydrogen (secondary N) is 1. The third-order valence-electron chi connectivity index (χ3n) is 3.97. The maximum atomic E-state index is 12.3. The Labute approximate surface area is 127 Å². The average Bonchev–Trinajstić information content (AvgIpc) is 3.25. The summed E-state index contributed by atoms with van der Waals surface area (Å²) in [5, 5.41) is 4.07. The molecule has 0 radical (unpaired) electrons. The van der Waals surface area contributed by atoms with E-state index in [0.717, 1.165) is 50.4 Å². The smallest absolute Gasteiger partial charge is 0.253 e. The monoisotopic (exact) mass is 308 g/mol. The second-order valence-corrected chi connectivity index (χ2v) is 6.62. The van der Waals surface area contributed by atoms with Crippen molar-refractivity contribution in [2.45, 2.75) is 19.3 Å². The number of carbonyl (C=O) groups excluding carboxylic acids is 2. The molecule has 1 aliphatic carbocycles. The maximum Gasteiger partial charge on any atom is 0.253 e. The number of rotatable bonds is 4. The standard InChI is InChI=1S/C14H20N4O2S/c15-10-9(13(16)20)14(18-6-1-4-17-5-7-18)21-12(10)11(19)8-2-3-8/h8,17H,1-7,15H2,(H2,16,20). The Kier molecular flexibility index (Phi) is 3.86. The Morgan fingerprint density at radius 1 is 1.24 bits per heavy atom. The van der Waals surface area contributed by atoms with Gasteiger partial charge in [0.05, 0.1) is 16.1 Å². The van der Waals surface area contributed by atoms with Gasteiger partial charge in [-0.1, -0.05) is 0 Å². The SMILES string of the molecule is NC(=O)c1c(N2CCCNCC2)sc(C(=O)C2CC2)c1N. The first kappa shape index (κ1) is 14.3. The molecule has 1 amide bonds. The number of nitrogens with zero attached hydrogens (tertiary/aromatic N) is 1. The molecule has 1 saturated heterocycles. The van der Waals surface area contributed by atoms with Gasteiger partial charge in [-0.25, -0.2) is 0 Å². The van der Waals surface area contributed by atoms with Crippen LogP contribution in [0.5, 0.6) is 0 Å². The summed E-state index contributed by atoms with van der Waals surface area (Å²) >= 11 is 1.33. The zero-order chi connectivity index (χ0) is 15.0. The van der Waals surface area contributed by atoms with Crippen LogP contribution in [-0.4, -0.2) is 37.9 Å². The van der Waals surface area contributed by atoms with Crippen molar-refractivity contribution in [1.29, 1.82) is 0 Å². The maximum absolute atomic E-state index is 12.3. The van der Waals surface area contributed by atoms with Gasteiger partial charge in [0.25, 0.3) is 5.91 Å². The van der Waals surface area contributed by atoms with Crippen LogP contribution in [0.25, 0.3) is 0 Å². The number of anilines is 2. The van der Waals surface area contributed by atoms with Gasteiger partial charge in [-0.3, -0.25) is 9.59 Å². The van der Waals surface area contributed by atoms with Crippen molar-refractivity contribution >= 4 is 33.7 Å². The van der Waals surface area contributed by atoms with E-state index < -0.39 is 5.91 Å². The highest BCUT2D eigenvalue weighted by atomic mass is 32.1. The average molecular weight is 308 g/mol. The van der Waals surface area contributed by atoms with Crippen molar-refractivity contribution in [3.63, 3.8) is 0 Å². The van der Waals surface area contributed by atoms with E-state index in [1.807, 2.05) is 0 Å². The quantitative estimate of drug-likeness (QED) is 0.715. The number of hydrogen-bond donors (Lipinski definition) is 3. The molecule has 3 rings (SSSR count). The number of hydrogen-bond acceptors (Lipinski definition) is 6. The van der Waals surface area contributed by atoms with E-state index >= 15 is 0 Å². The predicted molar refractivity (Wildman–Crippen MR) is 84.0 cm³/mol. The number of primary amides is 1. The lowest BCUT2D eigenvalue weighted by molar-refractivity contribution is 0.0972. The normalized spacial score (nSPS) is 19.3. The van der Waals surface area contributed by atoms with Gasteiger partial charge in [-0.15, -0.1) is 11.3 Å². The molecule has 1 aromatic rings. The molecule has 2 aliphatic rings. The summed E-state index contributed by atoms with van der Waals surface area (Å²) in [6, 6.07) is 0. The molecule has 114 valence electrons. The highest BCUT2D eigenvalue weighted by molar-refractivity contribution is 7.19. The lowest BCUT2D eigenvalue weighted by Crippen LogP contribution is -2.29. The molecule has 1 aromatic heterocycles. The molecule has 21 heavy (non-hydrogen) atoms. The fourth-order valence-electron chi connectivity index (χ4n) is 2.65. The number of Topliss-reactive ketones (excluding diaryl/α,β-unsaturated/α-hetero) is 1. The van der Waals surface area contributed by atoms with Gasteiger partial charge in [-0.2, -0.15) is 0 Å². The molecule has 1 aliphatic heterocycles. The summed E-state index contributed by atoms with van der Waals surface area (Å²) in [4.78, 5) is 26.7. The molecule has 0 unspecified atom stereocenters. The van der Waals surface area contributed by atoms with Crippen molar-refractivity contribution < 1.29 is 9.59 Å². The first-order chi connectivity index (χ1) is 10.1. The van der Waals surface area contributed by atoms with E-state index in [0.29, 0.717) is 10.4 Å². The molecule has 0 aromatic carbocycles. The Balaban J connectivity index is 1.99. The van der Waals surface area contributed by atoms with Gasteiger partial charge in [0.15, 0.2) is 5.78 Å². The van der Waals surface area contributed by atoms with Gasteiger partial charge < -0.3 is 21.7 Å². The van der Waals surface area contributed by atoms with Crippen molar-refractivity contribution in [2.24, 2.45) is 11.7 Å². The van der Waals surface area contributed by atoms with Crippen LogP contribution in [0, 0.1) is 5.92 Å². The van der Waals surface area contributed by atoms with Crippen molar-refractivity contribution in [2.75, 3.05) is 36.8 Å². The van der Waals surface area contributed by atoms with Crippen molar-refractivity contribution in [3.05, 3.63) is 10.4 Å². The molecular formula is C14H20N4O2S. The summed E-state index contributed by atoms with van der Waals surface area (Å²) < 4.78 is 0. The minimum absolute atomic E-state index is 0.0687. The second kappa shape index (κ2) is 5.65. The van der Waals surface area contributed by atoms with Gasteiger partial charge in [0.2, 0.25) is 0 Å². The third-order valence-corrected chi connectivity index (χ3v) is 5.25. The Morgan fingerprint density at radius 3 is 2.67 bits per heavy atom. The lowest BCUT2D eigenvalue weighted by Gasteiger charge is -2.21. The van der Waals surface area contributed by atoms with E-state index in [-0.39, 0.29) is 17.4 Å². The molecule has 6 nitrogen and oxygen atoms in total. The van der Waals surface area contributed by atoms with E-state index in [1.165, 1.54) is 11.3 Å². The summed E-state index contributed by atoms with van der Waals surface area (Å²) in [6.07, 6.45) is 2.83. The topological polar surface area (TPSA) is 101 Å². The first-order valence-corrected chi connectivity index (χ1v) is 8.13. The highest BCUT2D eigenvalue weighted by Gasteiger charge is 2.35. The van der Waals surface area contributed by atoms with Gasteiger partial charge >= 0.3 is 0 Å². The van der Waals surface area contributed by atoms with Crippen molar-refractivity contribution in [3.8, 4) is 0 Å². The van der Waals surface area contributed by atoms with Gasteiger partial charge in [0.1, 0.15) is 5.00 Å². The summed E-state index contributed by atoms with van der Waals surface area (Å²) in [5.74, 6) is -0.393. The molecule has 7 heteroatoms. The predicted octanol–water partition coefficient (Wildman–Crippen LogP) is 0.822. The Morgan fingerprint density at radius 2 is 2.00 bits per heavy atom. The molecule has 0 spiro atoms. The molecular weight excluding hydrogens is 288 g/mol. The molecule has 2 fully saturated rings. The van der Waals surface area contributed by atoms with Gasteiger partial charge in [-0.05, 0) is 25.8 Å². The number of nitrogen functional groups attached to an aromatic ring is 1. The molecule has 0 bridgehead atoms. The number of nitrogens with two attached hydrogens (primary N) is 2. The summed E-state index contributed by atoms with van der Waals surface area (Å²) in [5.41, 5.74) is 12.2.